The highest BCUT2D eigenvalue weighted by Crippen LogP contribution is 2.24. The Labute approximate surface area is 212 Å². The zero-order valence-electron chi connectivity index (χ0n) is 20.0. The highest BCUT2D eigenvalue weighted by atomic mass is 35.5. The second-order valence-corrected chi connectivity index (χ2v) is 11.3. The van der Waals surface area contributed by atoms with Crippen LogP contribution in [-0.2, 0) is 26.2 Å². The molecule has 0 heterocycles. The first kappa shape index (κ1) is 28.1. The molecule has 0 saturated carbocycles. The molecule has 0 aliphatic rings. The van der Waals surface area contributed by atoms with Crippen molar-refractivity contribution in [3.8, 4) is 0 Å². The number of nitrogens with one attached hydrogen (secondary N) is 1. The number of halogens is 2. The molecule has 0 bridgehead atoms. The first-order chi connectivity index (χ1) is 15.9. The molecule has 0 saturated heterocycles. The Hall–Kier alpha value is -2.13. The third kappa shape index (κ3) is 7.18. The van der Waals surface area contributed by atoms with Gasteiger partial charge in [0.15, 0.2) is 0 Å². The van der Waals surface area contributed by atoms with Gasteiger partial charge in [-0.2, -0.15) is 4.31 Å². The van der Waals surface area contributed by atoms with Crippen LogP contribution in [0.1, 0.15) is 38.3 Å². The molecular weight excluding hydrogens is 497 g/mol. The van der Waals surface area contributed by atoms with Crippen molar-refractivity contribution >= 4 is 45.0 Å². The number of likely N-dealkylation sites (N-methyl/N-ethyl adjacent to an activating group) is 1. The zero-order chi connectivity index (χ0) is 25.6. The van der Waals surface area contributed by atoms with Gasteiger partial charge in [0.1, 0.15) is 6.04 Å². The summed E-state index contributed by atoms with van der Waals surface area (Å²) in [5.74, 6) is -0.838. The first-order valence-corrected chi connectivity index (χ1v) is 13.1. The van der Waals surface area contributed by atoms with Gasteiger partial charge in [-0.3, -0.25) is 9.59 Å². The summed E-state index contributed by atoms with van der Waals surface area (Å²) in [6, 6.07) is 10.4. The number of aryl methyl sites for hydroxylation is 1. The maximum absolute atomic E-state index is 13.4. The predicted octanol–water partition coefficient (Wildman–Crippen LogP) is 4.25. The molecule has 34 heavy (non-hydrogen) atoms. The molecule has 0 fully saturated rings. The Balaban J connectivity index is 2.36. The van der Waals surface area contributed by atoms with Crippen LogP contribution in [0.25, 0.3) is 0 Å². The minimum atomic E-state index is -3.90. The van der Waals surface area contributed by atoms with Gasteiger partial charge in [-0.15, -0.1) is 0 Å². The van der Waals surface area contributed by atoms with E-state index in [-0.39, 0.29) is 23.4 Å². The number of amides is 2. The van der Waals surface area contributed by atoms with Crippen LogP contribution in [0, 0.1) is 6.92 Å². The second-order valence-electron chi connectivity index (χ2n) is 8.42. The zero-order valence-corrected chi connectivity index (χ0v) is 22.3. The molecule has 0 aliphatic carbocycles. The Bertz CT molecular complexity index is 1120. The molecule has 2 aromatic carbocycles. The molecule has 2 amide bonds. The van der Waals surface area contributed by atoms with Gasteiger partial charge in [0, 0.05) is 29.7 Å². The molecule has 2 rings (SSSR count). The van der Waals surface area contributed by atoms with E-state index < -0.39 is 28.5 Å². The van der Waals surface area contributed by atoms with Crippen LogP contribution >= 0.6 is 23.2 Å². The van der Waals surface area contributed by atoms with E-state index in [0.717, 1.165) is 9.87 Å². The summed E-state index contributed by atoms with van der Waals surface area (Å²) in [5, 5.41) is 3.63. The van der Waals surface area contributed by atoms with E-state index in [1.165, 1.54) is 24.1 Å². The monoisotopic (exact) mass is 527 g/mol. The molecule has 0 aromatic heterocycles. The number of nitrogens with zero attached hydrogens (tertiary/aromatic N) is 2. The standard InChI is InChI=1S/C24H31Cl2N3O4S/c1-6-22(24(31)27-16(2)3)29(14-18-9-10-19(25)13-21(18)26)23(30)15-28(5)34(32,33)20-11-7-17(4)8-12-20/h7-13,16,22H,6,14-15H2,1-5H3,(H,27,31)/t22-/m0/s1. The van der Waals surface area contributed by atoms with Gasteiger partial charge in [-0.1, -0.05) is 53.9 Å². The lowest BCUT2D eigenvalue weighted by Crippen LogP contribution is -2.52. The van der Waals surface area contributed by atoms with E-state index in [1.807, 2.05) is 20.8 Å². The van der Waals surface area contributed by atoms with Crippen LogP contribution in [0.4, 0.5) is 0 Å². The molecule has 10 heteroatoms. The molecule has 0 spiro atoms. The lowest BCUT2D eigenvalue weighted by Gasteiger charge is -2.32. The van der Waals surface area contributed by atoms with Gasteiger partial charge in [0.05, 0.1) is 11.4 Å². The number of sulfonamides is 1. The topological polar surface area (TPSA) is 86.8 Å². The molecule has 1 N–H and O–H groups in total. The number of rotatable bonds is 10. The first-order valence-electron chi connectivity index (χ1n) is 10.9. The average Bonchev–Trinajstić information content (AvgIpc) is 2.74. The van der Waals surface area contributed by atoms with Crippen molar-refractivity contribution in [2.24, 2.45) is 0 Å². The van der Waals surface area contributed by atoms with Gasteiger partial charge in [0.2, 0.25) is 21.8 Å². The summed E-state index contributed by atoms with van der Waals surface area (Å²) in [6.07, 6.45) is 0.337. The third-order valence-corrected chi connectivity index (χ3v) is 7.66. The molecule has 0 unspecified atom stereocenters. The Morgan fingerprint density at radius 3 is 2.21 bits per heavy atom. The van der Waals surface area contributed by atoms with Crippen LogP contribution in [0.15, 0.2) is 47.4 Å². The molecular formula is C24H31Cl2N3O4S. The average molecular weight is 529 g/mol. The molecule has 186 valence electrons. The molecule has 2 aromatic rings. The fourth-order valence-electron chi connectivity index (χ4n) is 3.39. The number of carbonyl (C=O) groups excluding carboxylic acids is 2. The van der Waals surface area contributed by atoms with Crippen molar-refractivity contribution in [1.82, 2.24) is 14.5 Å². The van der Waals surface area contributed by atoms with Crippen molar-refractivity contribution in [1.29, 1.82) is 0 Å². The number of hydrogen-bond acceptors (Lipinski definition) is 4. The van der Waals surface area contributed by atoms with Crippen molar-refractivity contribution in [3.05, 3.63) is 63.6 Å². The third-order valence-electron chi connectivity index (χ3n) is 5.26. The Morgan fingerprint density at radius 1 is 1.06 bits per heavy atom. The van der Waals surface area contributed by atoms with E-state index >= 15 is 0 Å². The van der Waals surface area contributed by atoms with Crippen LogP contribution in [-0.4, -0.2) is 55.1 Å². The lowest BCUT2D eigenvalue weighted by molar-refractivity contribution is -0.141. The van der Waals surface area contributed by atoms with Gasteiger partial charge >= 0.3 is 0 Å². The smallest absolute Gasteiger partial charge is 0.243 e. The quantitative estimate of drug-likeness (QED) is 0.500. The van der Waals surface area contributed by atoms with E-state index in [1.54, 1.807) is 37.3 Å². The molecule has 7 nitrogen and oxygen atoms in total. The van der Waals surface area contributed by atoms with E-state index in [2.05, 4.69) is 5.32 Å². The van der Waals surface area contributed by atoms with Gasteiger partial charge in [-0.25, -0.2) is 8.42 Å². The maximum atomic E-state index is 13.4. The Morgan fingerprint density at radius 2 is 1.68 bits per heavy atom. The van der Waals surface area contributed by atoms with Crippen molar-refractivity contribution < 1.29 is 18.0 Å². The molecule has 0 radical (unpaired) electrons. The number of carbonyl (C=O) groups is 2. The van der Waals surface area contributed by atoms with E-state index in [9.17, 15) is 18.0 Å². The van der Waals surface area contributed by atoms with E-state index in [4.69, 9.17) is 23.2 Å². The summed E-state index contributed by atoms with van der Waals surface area (Å²) in [7, 11) is -2.56. The predicted molar refractivity (Wildman–Crippen MR) is 135 cm³/mol. The second kappa shape index (κ2) is 12.0. The van der Waals surface area contributed by atoms with Crippen LogP contribution in [0.5, 0.6) is 0 Å². The SMILES string of the molecule is CC[C@@H](C(=O)NC(C)C)N(Cc1ccc(Cl)cc1Cl)C(=O)CN(C)S(=O)(=O)c1ccc(C)cc1. The number of hydrogen-bond donors (Lipinski definition) is 1. The van der Waals surface area contributed by atoms with E-state index in [0.29, 0.717) is 22.0 Å². The molecule has 1 atom stereocenters. The van der Waals surface area contributed by atoms with Gasteiger partial charge in [-0.05, 0) is 57.0 Å². The highest BCUT2D eigenvalue weighted by Gasteiger charge is 2.32. The van der Waals surface area contributed by atoms with Gasteiger partial charge < -0.3 is 10.2 Å². The molecule has 0 aliphatic heterocycles. The number of benzene rings is 2. The summed E-state index contributed by atoms with van der Waals surface area (Å²) >= 11 is 12.3. The van der Waals surface area contributed by atoms with Crippen LogP contribution in [0.2, 0.25) is 10.0 Å². The normalized spacial score (nSPS) is 12.6. The minimum Gasteiger partial charge on any atom is -0.352 e. The van der Waals surface area contributed by atoms with Crippen molar-refractivity contribution in [2.45, 2.75) is 57.6 Å². The fourth-order valence-corrected chi connectivity index (χ4v) is 4.98. The summed E-state index contributed by atoms with van der Waals surface area (Å²) in [5.41, 5.74) is 1.52. The largest absolute Gasteiger partial charge is 0.352 e. The maximum Gasteiger partial charge on any atom is 0.243 e. The lowest BCUT2D eigenvalue weighted by atomic mass is 10.1. The Kier molecular flexibility index (Phi) is 9.94. The van der Waals surface area contributed by atoms with Crippen LogP contribution in [0.3, 0.4) is 0 Å². The van der Waals surface area contributed by atoms with Gasteiger partial charge in [0.25, 0.3) is 0 Å². The summed E-state index contributed by atoms with van der Waals surface area (Å²) in [6.45, 7) is 6.89. The minimum absolute atomic E-state index is 0.0251. The van der Waals surface area contributed by atoms with Crippen molar-refractivity contribution in [2.75, 3.05) is 13.6 Å². The summed E-state index contributed by atoms with van der Waals surface area (Å²) in [4.78, 5) is 27.8. The highest BCUT2D eigenvalue weighted by molar-refractivity contribution is 7.89. The van der Waals surface area contributed by atoms with Crippen molar-refractivity contribution in [3.63, 3.8) is 0 Å². The van der Waals surface area contributed by atoms with Crippen LogP contribution < -0.4 is 5.32 Å². The summed E-state index contributed by atoms with van der Waals surface area (Å²) < 4.78 is 27.0. The fraction of sp³-hybridized carbons (Fsp3) is 0.417.